The fourth-order valence-electron chi connectivity index (χ4n) is 4.35. The van der Waals surface area contributed by atoms with Crippen molar-refractivity contribution in [2.45, 2.75) is 44.7 Å². The summed E-state index contributed by atoms with van der Waals surface area (Å²) in [7, 11) is 2.00. The summed E-state index contributed by atoms with van der Waals surface area (Å²) in [5, 5.41) is 7.83. The van der Waals surface area contributed by atoms with E-state index in [2.05, 4.69) is 20.2 Å². The zero-order valence-corrected chi connectivity index (χ0v) is 14.1. The van der Waals surface area contributed by atoms with Gasteiger partial charge in [-0.1, -0.05) is 0 Å². The molecule has 2 bridgehead atoms. The molecule has 4 aliphatic rings. The van der Waals surface area contributed by atoms with E-state index in [1.807, 2.05) is 11.7 Å². The molecule has 3 saturated heterocycles. The molecule has 0 radical (unpaired) electrons. The Kier molecular flexibility index (Phi) is 4.11. The van der Waals surface area contributed by atoms with Crippen LogP contribution >= 0.6 is 0 Å². The molecule has 1 aromatic rings. The van der Waals surface area contributed by atoms with Gasteiger partial charge in [0.1, 0.15) is 6.04 Å². The van der Waals surface area contributed by atoms with Gasteiger partial charge >= 0.3 is 0 Å². The lowest BCUT2D eigenvalue weighted by atomic mass is 9.96. The summed E-state index contributed by atoms with van der Waals surface area (Å²) in [5.74, 6) is 0.183. The van der Waals surface area contributed by atoms with E-state index in [0.29, 0.717) is 6.54 Å². The van der Waals surface area contributed by atoms with Crippen LogP contribution in [0.15, 0.2) is 0 Å². The molecular weight excluding hydrogens is 290 g/mol. The Balaban J connectivity index is 1.43. The molecule has 6 nitrogen and oxygen atoms in total. The Morgan fingerprint density at radius 2 is 2.04 bits per heavy atom. The molecule has 1 amide bonds. The molecule has 23 heavy (non-hydrogen) atoms. The molecule has 126 valence electrons. The van der Waals surface area contributed by atoms with Crippen LogP contribution in [0.5, 0.6) is 0 Å². The number of aryl methyl sites for hydroxylation is 2. The maximum atomic E-state index is 12.7. The highest BCUT2D eigenvalue weighted by atomic mass is 16.2. The highest BCUT2D eigenvalue weighted by Gasteiger charge is 2.34. The van der Waals surface area contributed by atoms with E-state index >= 15 is 0 Å². The monoisotopic (exact) mass is 317 g/mol. The Labute approximate surface area is 137 Å². The number of carbonyl (C=O) groups excluding carboxylic acids is 1. The van der Waals surface area contributed by atoms with Gasteiger partial charge in [-0.05, 0) is 44.2 Å². The van der Waals surface area contributed by atoms with Crippen molar-refractivity contribution >= 4 is 5.91 Å². The van der Waals surface area contributed by atoms with Crippen LogP contribution in [0.25, 0.3) is 0 Å². The molecule has 1 aliphatic carbocycles. The predicted molar refractivity (Wildman–Crippen MR) is 88.1 cm³/mol. The third-order valence-corrected chi connectivity index (χ3v) is 5.68. The van der Waals surface area contributed by atoms with Gasteiger partial charge in [-0.2, -0.15) is 5.10 Å². The minimum Gasteiger partial charge on any atom is -0.349 e. The van der Waals surface area contributed by atoms with Crippen molar-refractivity contribution in [3.05, 3.63) is 17.0 Å². The van der Waals surface area contributed by atoms with E-state index in [1.54, 1.807) is 0 Å². The summed E-state index contributed by atoms with van der Waals surface area (Å²) in [4.78, 5) is 17.5. The second-order valence-electron chi connectivity index (χ2n) is 7.13. The molecule has 3 unspecified atom stereocenters. The van der Waals surface area contributed by atoms with Crippen LogP contribution in [0, 0.1) is 0 Å². The average molecular weight is 317 g/mol. The van der Waals surface area contributed by atoms with Gasteiger partial charge in [-0.3, -0.25) is 19.3 Å². The van der Waals surface area contributed by atoms with E-state index < -0.39 is 0 Å². The lowest BCUT2D eigenvalue weighted by molar-refractivity contribution is -0.128. The number of fused-ring (bicyclic) bond motifs is 5. The largest absolute Gasteiger partial charge is 0.349 e. The van der Waals surface area contributed by atoms with Crippen molar-refractivity contribution in [2.75, 3.05) is 32.7 Å². The first-order valence-electron chi connectivity index (χ1n) is 9.00. The Bertz CT molecular complexity index is 592. The van der Waals surface area contributed by atoms with E-state index in [0.717, 1.165) is 45.6 Å². The number of hydrogen-bond donors (Lipinski definition) is 1. The third-order valence-electron chi connectivity index (χ3n) is 5.68. The Morgan fingerprint density at radius 3 is 2.96 bits per heavy atom. The normalized spacial score (nSPS) is 29.9. The number of hydrogen-bond acceptors (Lipinski definition) is 4. The van der Waals surface area contributed by atoms with Crippen LogP contribution in [-0.2, 0) is 31.2 Å². The van der Waals surface area contributed by atoms with E-state index in [-0.39, 0.29) is 11.9 Å². The lowest BCUT2D eigenvalue weighted by Crippen LogP contribution is -2.56. The summed E-state index contributed by atoms with van der Waals surface area (Å²) in [6, 6.07) is 0.0234. The van der Waals surface area contributed by atoms with Gasteiger partial charge in [0, 0.05) is 33.2 Å². The first kappa shape index (κ1) is 15.1. The number of nitrogens with one attached hydrogen (secondary N) is 1. The molecule has 0 aromatic carbocycles. The quantitative estimate of drug-likeness (QED) is 0.871. The van der Waals surface area contributed by atoms with Crippen LogP contribution in [0.3, 0.4) is 0 Å². The number of rotatable bonds is 3. The van der Waals surface area contributed by atoms with E-state index in [1.165, 1.54) is 36.2 Å². The van der Waals surface area contributed by atoms with Crippen molar-refractivity contribution in [3.63, 3.8) is 0 Å². The van der Waals surface area contributed by atoms with Crippen LogP contribution in [-0.4, -0.2) is 64.3 Å². The summed E-state index contributed by atoms with van der Waals surface area (Å²) in [6.07, 6.45) is 5.85. The number of aromatic nitrogens is 2. The fraction of sp³-hybridized carbons (Fsp3) is 0.765. The van der Waals surface area contributed by atoms with Crippen molar-refractivity contribution in [1.29, 1.82) is 0 Å². The smallest absolute Gasteiger partial charge is 0.239 e. The molecule has 1 aromatic heterocycles. The third kappa shape index (κ3) is 2.90. The topological polar surface area (TPSA) is 53.4 Å². The zero-order chi connectivity index (χ0) is 15.8. The SMILES string of the molecule is Cn1nc2c(c1CNC(=O)C1CN3CCCN1CC3)CCCC2. The molecule has 1 N–H and O–H groups in total. The van der Waals surface area contributed by atoms with Crippen LogP contribution in [0.1, 0.15) is 36.2 Å². The number of carbonyl (C=O) groups is 1. The minimum absolute atomic E-state index is 0.0234. The molecule has 3 atom stereocenters. The molecule has 5 rings (SSSR count). The molecule has 6 heteroatoms. The van der Waals surface area contributed by atoms with Crippen molar-refractivity contribution in [1.82, 2.24) is 24.9 Å². The first-order valence-corrected chi connectivity index (χ1v) is 9.00. The second-order valence-corrected chi connectivity index (χ2v) is 7.13. The highest BCUT2D eigenvalue weighted by molar-refractivity contribution is 5.82. The molecule has 0 spiro atoms. The predicted octanol–water partition coefficient (Wildman–Crippen LogP) is 0.305. The molecular formula is C17H27N5O. The second kappa shape index (κ2) is 6.24. The summed E-state index contributed by atoms with van der Waals surface area (Å²) in [6.45, 7) is 5.82. The average Bonchev–Trinajstić information content (AvgIpc) is 2.75. The van der Waals surface area contributed by atoms with Gasteiger partial charge < -0.3 is 5.32 Å². The maximum absolute atomic E-state index is 12.7. The standard InChI is InChI=1S/C17H27N5O/c1-20-15(13-5-2-3-6-14(13)19-20)11-18-17(23)16-12-21-7-4-8-22(16)10-9-21/h16H,2-12H2,1H3,(H,18,23). The fourth-order valence-corrected chi connectivity index (χ4v) is 4.35. The lowest BCUT2D eigenvalue weighted by Gasteiger charge is -2.36. The van der Waals surface area contributed by atoms with Gasteiger partial charge in [-0.15, -0.1) is 0 Å². The van der Waals surface area contributed by atoms with E-state index in [9.17, 15) is 4.79 Å². The summed E-state index contributed by atoms with van der Waals surface area (Å²) < 4.78 is 1.97. The number of piperazine rings is 1. The number of amides is 1. The highest BCUT2D eigenvalue weighted by Crippen LogP contribution is 2.23. The van der Waals surface area contributed by atoms with Gasteiger partial charge in [0.25, 0.3) is 0 Å². The van der Waals surface area contributed by atoms with Gasteiger partial charge in [0.05, 0.1) is 17.9 Å². The molecule has 0 saturated carbocycles. The van der Waals surface area contributed by atoms with Crippen molar-refractivity contribution in [2.24, 2.45) is 7.05 Å². The molecule has 3 fully saturated rings. The zero-order valence-electron chi connectivity index (χ0n) is 14.1. The maximum Gasteiger partial charge on any atom is 0.239 e. The van der Waals surface area contributed by atoms with Crippen molar-refractivity contribution in [3.8, 4) is 0 Å². The summed E-state index contributed by atoms with van der Waals surface area (Å²) >= 11 is 0. The van der Waals surface area contributed by atoms with Gasteiger partial charge in [-0.25, -0.2) is 0 Å². The van der Waals surface area contributed by atoms with Gasteiger partial charge in [0.15, 0.2) is 0 Å². The van der Waals surface area contributed by atoms with Crippen LogP contribution in [0.2, 0.25) is 0 Å². The Morgan fingerprint density at radius 1 is 1.17 bits per heavy atom. The minimum atomic E-state index is 0.0234. The first-order chi connectivity index (χ1) is 11.2. The van der Waals surface area contributed by atoms with Crippen molar-refractivity contribution < 1.29 is 4.79 Å². The molecule has 3 aliphatic heterocycles. The van der Waals surface area contributed by atoms with Gasteiger partial charge in [0.2, 0.25) is 5.91 Å². The van der Waals surface area contributed by atoms with Crippen LogP contribution < -0.4 is 5.32 Å². The Hall–Kier alpha value is -1.40. The molecule has 4 heterocycles. The summed E-state index contributed by atoms with van der Waals surface area (Å²) in [5.41, 5.74) is 3.82. The van der Waals surface area contributed by atoms with Crippen LogP contribution in [0.4, 0.5) is 0 Å². The number of nitrogens with zero attached hydrogens (tertiary/aromatic N) is 4. The van der Waals surface area contributed by atoms with E-state index in [4.69, 9.17) is 0 Å².